The molecule has 0 bridgehead atoms. The minimum absolute atomic E-state index is 0.0850. The van der Waals surface area contributed by atoms with Crippen LogP contribution in [0.2, 0.25) is 0 Å². The molecule has 1 aliphatic heterocycles. The van der Waals surface area contributed by atoms with Gasteiger partial charge in [0.1, 0.15) is 6.33 Å². The first kappa shape index (κ1) is 11.0. The third kappa shape index (κ3) is 2.55. The Kier molecular flexibility index (Phi) is 3.46. The van der Waals surface area contributed by atoms with Crippen LogP contribution in [0.4, 0.5) is 0 Å². The van der Waals surface area contributed by atoms with E-state index in [-0.39, 0.29) is 17.9 Å². The molecule has 5 nitrogen and oxygen atoms in total. The standard InChI is InChI=1S/C11H16N4O/c1-8-10(3-5-13-8)11(16)14-6-9-2-4-12-7-15-9/h2,4,7-8,10,13H,3,5-6H2,1H3,(H,14,16). The van der Waals surface area contributed by atoms with E-state index in [1.807, 2.05) is 6.92 Å². The van der Waals surface area contributed by atoms with Crippen molar-refractivity contribution >= 4 is 5.91 Å². The van der Waals surface area contributed by atoms with Crippen LogP contribution in [0, 0.1) is 5.92 Å². The van der Waals surface area contributed by atoms with Gasteiger partial charge in [-0.3, -0.25) is 4.79 Å². The van der Waals surface area contributed by atoms with Gasteiger partial charge in [-0.15, -0.1) is 0 Å². The molecule has 0 spiro atoms. The second kappa shape index (κ2) is 5.03. The fraction of sp³-hybridized carbons (Fsp3) is 0.545. The van der Waals surface area contributed by atoms with Crippen molar-refractivity contribution in [2.75, 3.05) is 6.54 Å². The number of aromatic nitrogens is 2. The monoisotopic (exact) mass is 220 g/mol. The normalized spacial score (nSPS) is 24.3. The largest absolute Gasteiger partial charge is 0.350 e. The predicted octanol–water partition coefficient (Wildman–Crippen LogP) is 0.0908. The van der Waals surface area contributed by atoms with Crippen LogP contribution in [-0.2, 0) is 11.3 Å². The number of rotatable bonds is 3. The van der Waals surface area contributed by atoms with E-state index in [2.05, 4.69) is 20.6 Å². The summed E-state index contributed by atoms with van der Waals surface area (Å²) in [6.07, 6.45) is 4.08. The molecule has 2 unspecified atom stereocenters. The van der Waals surface area contributed by atoms with Gasteiger partial charge in [-0.05, 0) is 26.0 Å². The van der Waals surface area contributed by atoms with E-state index in [9.17, 15) is 4.79 Å². The summed E-state index contributed by atoms with van der Waals surface area (Å²) in [5, 5.41) is 6.16. The zero-order chi connectivity index (χ0) is 11.4. The second-order valence-electron chi connectivity index (χ2n) is 4.06. The molecule has 2 heterocycles. The maximum absolute atomic E-state index is 11.8. The minimum Gasteiger partial charge on any atom is -0.350 e. The van der Waals surface area contributed by atoms with Gasteiger partial charge >= 0.3 is 0 Å². The van der Waals surface area contributed by atoms with Gasteiger partial charge in [-0.25, -0.2) is 9.97 Å². The Labute approximate surface area is 94.7 Å². The highest BCUT2D eigenvalue weighted by atomic mass is 16.1. The molecule has 2 rings (SSSR count). The van der Waals surface area contributed by atoms with Crippen molar-refractivity contribution in [1.29, 1.82) is 0 Å². The Morgan fingerprint density at radius 2 is 2.56 bits per heavy atom. The lowest BCUT2D eigenvalue weighted by Gasteiger charge is -2.14. The van der Waals surface area contributed by atoms with Crippen LogP contribution in [0.15, 0.2) is 18.6 Å². The van der Waals surface area contributed by atoms with E-state index in [0.29, 0.717) is 6.54 Å². The van der Waals surface area contributed by atoms with Crippen molar-refractivity contribution in [2.24, 2.45) is 5.92 Å². The number of nitrogens with zero attached hydrogens (tertiary/aromatic N) is 2. The zero-order valence-electron chi connectivity index (χ0n) is 9.31. The number of hydrogen-bond acceptors (Lipinski definition) is 4. The van der Waals surface area contributed by atoms with Crippen LogP contribution in [0.1, 0.15) is 19.0 Å². The molecule has 5 heteroatoms. The maximum atomic E-state index is 11.8. The molecule has 1 aromatic rings. The molecule has 2 atom stereocenters. The molecule has 1 saturated heterocycles. The van der Waals surface area contributed by atoms with Gasteiger partial charge in [0.05, 0.1) is 18.2 Å². The van der Waals surface area contributed by atoms with Crippen molar-refractivity contribution in [1.82, 2.24) is 20.6 Å². The summed E-state index contributed by atoms with van der Waals surface area (Å²) in [6, 6.07) is 2.07. The maximum Gasteiger partial charge on any atom is 0.225 e. The van der Waals surface area contributed by atoms with Gasteiger partial charge in [-0.1, -0.05) is 0 Å². The van der Waals surface area contributed by atoms with E-state index in [0.717, 1.165) is 18.7 Å². The van der Waals surface area contributed by atoms with Crippen LogP contribution in [0.3, 0.4) is 0 Å². The summed E-state index contributed by atoms with van der Waals surface area (Å²) in [5.41, 5.74) is 0.835. The molecule has 1 aliphatic rings. The molecular formula is C11H16N4O. The average Bonchev–Trinajstić information content (AvgIpc) is 2.74. The molecule has 1 amide bonds. The predicted molar refractivity (Wildman–Crippen MR) is 59.5 cm³/mol. The second-order valence-corrected chi connectivity index (χ2v) is 4.06. The van der Waals surface area contributed by atoms with Crippen molar-refractivity contribution in [3.05, 3.63) is 24.3 Å². The van der Waals surface area contributed by atoms with E-state index in [1.54, 1.807) is 12.3 Å². The van der Waals surface area contributed by atoms with E-state index in [4.69, 9.17) is 0 Å². The Hall–Kier alpha value is -1.49. The van der Waals surface area contributed by atoms with Crippen molar-refractivity contribution in [2.45, 2.75) is 25.9 Å². The summed E-state index contributed by atoms with van der Waals surface area (Å²) in [6.45, 7) is 3.44. The first-order valence-electron chi connectivity index (χ1n) is 5.53. The summed E-state index contributed by atoms with van der Waals surface area (Å²) in [7, 11) is 0. The Morgan fingerprint density at radius 3 is 3.19 bits per heavy atom. The molecule has 86 valence electrons. The molecule has 0 radical (unpaired) electrons. The Balaban J connectivity index is 1.84. The number of carbonyl (C=O) groups is 1. The Morgan fingerprint density at radius 1 is 1.69 bits per heavy atom. The first-order valence-corrected chi connectivity index (χ1v) is 5.53. The highest BCUT2D eigenvalue weighted by Crippen LogP contribution is 2.14. The topological polar surface area (TPSA) is 66.9 Å². The Bertz CT molecular complexity index is 354. The number of hydrogen-bond donors (Lipinski definition) is 2. The lowest BCUT2D eigenvalue weighted by Crippen LogP contribution is -2.36. The van der Waals surface area contributed by atoms with Gasteiger partial charge in [-0.2, -0.15) is 0 Å². The summed E-state index contributed by atoms with van der Waals surface area (Å²) in [4.78, 5) is 19.7. The van der Waals surface area contributed by atoms with Gasteiger partial charge < -0.3 is 10.6 Å². The lowest BCUT2D eigenvalue weighted by atomic mass is 10.0. The summed E-state index contributed by atoms with van der Waals surface area (Å²) >= 11 is 0. The summed E-state index contributed by atoms with van der Waals surface area (Å²) < 4.78 is 0. The average molecular weight is 220 g/mol. The van der Waals surface area contributed by atoms with Gasteiger partial charge in [0.2, 0.25) is 5.91 Å². The minimum atomic E-state index is 0.0850. The summed E-state index contributed by atoms with van der Waals surface area (Å²) in [5.74, 6) is 0.193. The van der Waals surface area contributed by atoms with Crippen LogP contribution >= 0.6 is 0 Å². The van der Waals surface area contributed by atoms with Crippen molar-refractivity contribution in [3.63, 3.8) is 0 Å². The fourth-order valence-corrected chi connectivity index (χ4v) is 1.95. The smallest absolute Gasteiger partial charge is 0.225 e. The zero-order valence-corrected chi connectivity index (χ0v) is 9.31. The van der Waals surface area contributed by atoms with Gasteiger partial charge in [0, 0.05) is 12.2 Å². The van der Waals surface area contributed by atoms with E-state index < -0.39 is 0 Å². The highest BCUT2D eigenvalue weighted by Gasteiger charge is 2.28. The fourth-order valence-electron chi connectivity index (χ4n) is 1.95. The van der Waals surface area contributed by atoms with Crippen molar-refractivity contribution in [3.8, 4) is 0 Å². The first-order chi connectivity index (χ1) is 7.77. The number of carbonyl (C=O) groups excluding carboxylic acids is 1. The lowest BCUT2D eigenvalue weighted by molar-refractivity contribution is -0.125. The third-order valence-electron chi connectivity index (χ3n) is 2.95. The quantitative estimate of drug-likeness (QED) is 0.757. The third-order valence-corrected chi connectivity index (χ3v) is 2.95. The molecule has 0 aliphatic carbocycles. The van der Waals surface area contributed by atoms with E-state index >= 15 is 0 Å². The molecule has 0 aromatic carbocycles. The molecular weight excluding hydrogens is 204 g/mol. The van der Waals surface area contributed by atoms with Crippen LogP contribution < -0.4 is 10.6 Å². The van der Waals surface area contributed by atoms with E-state index in [1.165, 1.54) is 6.33 Å². The molecule has 1 fully saturated rings. The molecule has 1 aromatic heterocycles. The highest BCUT2D eigenvalue weighted by molar-refractivity contribution is 5.79. The molecule has 2 N–H and O–H groups in total. The van der Waals surface area contributed by atoms with Crippen LogP contribution in [-0.4, -0.2) is 28.5 Å². The number of nitrogens with one attached hydrogen (secondary N) is 2. The van der Waals surface area contributed by atoms with Crippen molar-refractivity contribution < 1.29 is 4.79 Å². The van der Waals surface area contributed by atoms with Gasteiger partial charge in [0.15, 0.2) is 0 Å². The van der Waals surface area contributed by atoms with Crippen LogP contribution in [0.5, 0.6) is 0 Å². The molecule has 0 saturated carbocycles. The number of amides is 1. The molecule has 16 heavy (non-hydrogen) atoms. The van der Waals surface area contributed by atoms with Crippen LogP contribution in [0.25, 0.3) is 0 Å². The van der Waals surface area contributed by atoms with Gasteiger partial charge in [0.25, 0.3) is 0 Å². The SMILES string of the molecule is CC1NCCC1C(=O)NCc1ccncn1.